The third kappa shape index (κ3) is 6.38. The number of hydrogen-bond donors (Lipinski definition) is 1. The van der Waals surface area contributed by atoms with Crippen LogP contribution in [-0.2, 0) is 14.8 Å². The van der Waals surface area contributed by atoms with Crippen molar-refractivity contribution in [1.82, 2.24) is 4.31 Å². The lowest BCUT2D eigenvalue weighted by molar-refractivity contribution is -0.116. The average molecular weight is 388 g/mol. The number of nitrogens with one attached hydrogen (secondary N) is 1. The van der Waals surface area contributed by atoms with Crippen molar-refractivity contribution in [2.24, 2.45) is 5.92 Å². The van der Waals surface area contributed by atoms with E-state index in [0.717, 1.165) is 6.26 Å². The van der Waals surface area contributed by atoms with Crippen molar-refractivity contribution in [2.45, 2.75) is 20.3 Å². The zero-order valence-corrected chi connectivity index (χ0v) is 17.0. The standard InChI is InChI=1S/C17H28N2O6S/c1-12(2)11-19(26(6,21)22)8-7-16(20)18-13-9-14(23-3)17(25-5)15(10-13)24-4/h9-10,12H,7-8,11H2,1-6H3,(H,18,20). The molecule has 0 aliphatic heterocycles. The SMILES string of the molecule is COc1cc(NC(=O)CCN(CC(C)C)S(C)(=O)=O)cc(OC)c1OC. The predicted molar refractivity (Wildman–Crippen MR) is 101 cm³/mol. The Morgan fingerprint density at radius 1 is 1.12 bits per heavy atom. The van der Waals surface area contributed by atoms with Gasteiger partial charge in [-0.25, -0.2) is 12.7 Å². The van der Waals surface area contributed by atoms with Gasteiger partial charge in [-0.05, 0) is 5.92 Å². The average Bonchev–Trinajstić information content (AvgIpc) is 2.56. The molecule has 0 unspecified atom stereocenters. The van der Waals surface area contributed by atoms with Crippen LogP contribution in [0.5, 0.6) is 17.2 Å². The summed E-state index contributed by atoms with van der Waals surface area (Å²) in [5.41, 5.74) is 0.472. The second-order valence-electron chi connectivity index (χ2n) is 6.23. The molecule has 0 radical (unpaired) electrons. The van der Waals surface area contributed by atoms with E-state index in [1.54, 1.807) is 12.1 Å². The minimum Gasteiger partial charge on any atom is -0.493 e. The van der Waals surface area contributed by atoms with Crippen molar-refractivity contribution < 1.29 is 27.4 Å². The second-order valence-corrected chi connectivity index (χ2v) is 8.21. The highest BCUT2D eigenvalue weighted by Gasteiger charge is 2.19. The molecular formula is C17H28N2O6S. The van der Waals surface area contributed by atoms with Gasteiger partial charge in [-0.2, -0.15) is 0 Å². The van der Waals surface area contributed by atoms with Crippen LogP contribution in [-0.4, -0.2) is 59.3 Å². The fourth-order valence-corrected chi connectivity index (χ4v) is 3.39. The molecular weight excluding hydrogens is 360 g/mol. The maximum Gasteiger partial charge on any atom is 0.225 e. The summed E-state index contributed by atoms with van der Waals surface area (Å²) in [6.07, 6.45) is 1.18. The van der Waals surface area contributed by atoms with Gasteiger partial charge in [0, 0.05) is 37.3 Å². The zero-order valence-electron chi connectivity index (χ0n) is 16.2. The van der Waals surface area contributed by atoms with Gasteiger partial charge >= 0.3 is 0 Å². The first-order valence-corrected chi connectivity index (χ1v) is 10.0. The molecule has 9 heteroatoms. The molecule has 0 spiro atoms. The van der Waals surface area contributed by atoms with Gasteiger partial charge in [0.2, 0.25) is 21.7 Å². The van der Waals surface area contributed by atoms with Crippen molar-refractivity contribution >= 4 is 21.6 Å². The number of carbonyl (C=O) groups is 1. The maximum atomic E-state index is 12.2. The van der Waals surface area contributed by atoms with E-state index >= 15 is 0 Å². The van der Waals surface area contributed by atoms with Gasteiger partial charge in [-0.3, -0.25) is 4.79 Å². The molecule has 8 nitrogen and oxygen atoms in total. The number of sulfonamides is 1. The topological polar surface area (TPSA) is 94.2 Å². The normalized spacial score (nSPS) is 11.5. The Hall–Kier alpha value is -2.00. The second kappa shape index (κ2) is 9.63. The van der Waals surface area contributed by atoms with Crippen LogP contribution in [0.15, 0.2) is 12.1 Å². The van der Waals surface area contributed by atoms with Gasteiger partial charge in [0.25, 0.3) is 0 Å². The van der Waals surface area contributed by atoms with E-state index in [4.69, 9.17) is 14.2 Å². The Balaban J connectivity index is 2.84. The minimum absolute atomic E-state index is 0.0381. The van der Waals surface area contributed by atoms with E-state index in [2.05, 4.69) is 5.32 Å². The number of carbonyl (C=O) groups excluding carboxylic acids is 1. The van der Waals surface area contributed by atoms with E-state index in [1.165, 1.54) is 25.6 Å². The first kappa shape index (κ1) is 22.0. The lowest BCUT2D eigenvalue weighted by Gasteiger charge is -2.21. The van der Waals surface area contributed by atoms with Crippen LogP contribution in [0, 0.1) is 5.92 Å². The van der Waals surface area contributed by atoms with Crippen LogP contribution < -0.4 is 19.5 Å². The maximum absolute atomic E-state index is 12.2. The Morgan fingerprint density at radius 2 is 1.65 bits per heavy atom. The Morgan fingerprint density at radius 3 is 2.04 bits per heavy atom. The highest BCUT2D eigenvalue weighted by Crippen LogP contribution is 2.39. The molecule has 0 bridgehead atoms. The summed E-state index contributed by atoms with van der Waals surface area (Å²) in [4.78, 5) is 12.2. The van der Waals surface area contributed by atoms with Crippen LogP contribution in [0.3, 0.4) is 0 Å². The summed E-state index contributed by atoms with van der Waals surface area (Å²) in [6, 6.07) is 3.23. The van der Waals surface area contributed by atoms with Gasteiger partial charge in [0.1, 0.15) is 0 Å². The number of anilines is 1. The molecule has 1 aromatic carbocycles. The molecule has 0 saturated carbocycles. The van der Waals surface area contributed by atoms with Crippen molar-refractivity contribution in [2.75, 3.05) is 46.0 Å². The molecule has 0 heterocycles. The number of amides is 1. The van der Waals surface area contributed by atoms with Crippen LogP contribution in [0.2, 0.25) is 0 Å². The van der Waals surface area contributed by atoms with Gasteiger partial charge < -0.3 is 19.5 Å². The smallest absolute Gasteiger partial charge is 0.225 e. The molecule has 0 atom stereocenters. The van der Waals surface area contributed by atoms with Gasteiger partial charge in [0.15, 0.2) is 11.5 Å². The molecule has 148 valence electrons. The monoisotopic (exact) mass is 388 g/mol. The molecule has 0 saturated heterocycles. The highest BCUT2D eigenvalue weighted by atomic mass is 32.2. The minimum atomic E-state index is -3.36. The number of ether oxygens (including phenoxy) is 3. The van der Waals surface area contributed by atoms with Crippen LogP contribution >= 0.6 is 0 Å². The molecule has 0 fully saturated rings. The molecule has 26 heavy (non-hydrogen) atoms. The molecule has 1 amide bonds. The summed E-state index contributed by atoms with van der Waals surface area (Å²) in [5, 5.41) is 2.73. The van der Waals surface area contributed by atoms with Crippen molar-refractivity contribution in [3.05, 3.63) is 12.1 Å². The third-order valence-corrected chi connectivity index (χ3v) is 4.84. The van der Waals surface area contributed by atoms with E-state index in [1.807, 2.05) is 13.8 Å². The molecule has 0 aliphatic rings. The lowest BCUT2D eigenvalue weighted by Crippen LogP contribution is -2.35. The summed E-state index contributed by atoms with van der Waals surface area (Å²) < 4.78 is 40.7. The Labute approximate surface area is 155 Å². The Kier molecular flexibility index (Phi) is 8.16. The van der Waals surface area contributed by atoms with Crippen molar-refractivity contribution in [3.8, 4) is 17.2 Å². The number of nitrogens with zero attached hydrogens (tertiary/aromatic N) is 1. The van der Waals surface area contributed by atoms with E-state index < -0.39 is 10.0 Å². The van der Waals surface area contributed by atoms with Crippen LogP contribution in [0.1, 0.15) is 20.3 Å². The molecule has 0 aromatic heterocycles. The first-order valence-electron chi connectivity index (χ1n) is 8.17. The largest absolute Gasteiger partial charge is 0.493 e. The number of hydrogen-bond acceptors (Lipinski definition) is 6. The number of methoxy groups -OCH3 is 3. The van der Waals surface area contributed by atoms with Gasteiger partial charge in [0.05, 0.1) is 27.6 Å². The fourth-order valence-electron chi connectivity index (χ4n) is 2.40. The molecule has 0 aliphatic carbocycles. The summed E-state index contributed by atoms with van der Waals surface area (Å²) in [7, 11) is 1.10. The quantitative estimate of drug-likeness (QED) is 0.658. The highest BCUT2D eigenvalue weighted by molar-refractivity contribution is 7.88. The number of benzene rings is 1. The summed E-state index contributed by atoms with van der Waals surface area (Å²) >= 11 is 0. The van der Waals surface area contributed by atoms with Gasteiger partial charge in [-0.1, -0.05) is 13.8 Å². The van der Waals surface area contributed by atoms with Crippen LogP contribution in [0.25, 0.3) is 0 Å². The molecule has 1 aromatic rings. The van der Waals surface area contributed by atoms with Crippen molar-refractivity contribution in [3.63, 3.8) is 0 Å². The molecule has 1 N–H and O–H groups in total. The summed E-state index contributed by atoms with van der Waals surface area (Å²) in [6.45, 7) is 4.34. The predicted octanol–water partition coefficient (Wildman–Crippen LogP) is 1.96. The number of rotatable bonds is 10. The van der Waals surface area contributed by atoms with E-state index in [-0.39, 0.29) is 24.8 Å². The first-order chi connectivity index (χ1) is 12.1. The zero-order chi connectivity index (χ0) is 19.9. The van der Waals surface area contributed by atoms with Gasteiger partial charge in [-0.15, -0.1) is 0 Å². The molecule has 1 rings (SSSR count). The van der Waals surface area contributed by atoms with E-state index in [0.29, 0.717) is 29.5 Å². The van der Waals surface area contributed by atoms with E-state index in [9.17, 15) is 13.2 Å². The van der Waals surface area contributed by atoms with Crippen LogP contribution in [0.4, 0.5) is 5.69 Å². The van der Waals surface area contributed by atoms with Crippen molar-refractivity contribution in [1.29, 1.82) is 0 Å². The Bertz CT molecular complexity index is 693. The third-order valence-electron chi connectivity index (χ3n) is 3.57. The fraction of sp³-hybridized carbons (Fsp3) is 0.588. The lowest BCUT2D eigenvalue weighted by atomic mass is 10.2. The summed E-state index contributed by atoms with van der Waals surface area (Å²) in [5.74, 6) is 1.12.